The molecular formula is C19H24N6O3S2. The van der Waals surface area contributed by atoms with Crippen LogP contribution in [0.4, 0.5) is 10.9 Å². The van der Waals surface area contributed by atoms with E-state index in [9.17, 15) is 8.42 Å². The lowest BCUT2D eigenvalue weighted by Crippen LogP contribution is -2.42. The Morgan fingerprint density at radius 3 is 2.83 bits per heavy atom. The van der Waals surface area contributed by atoms with Crippen molar-refractivity contribution in [3.8, 4) is 0 Å². The molecule has 0 radical (unpaired) electrons. The Kier molecular flexibility index (Phi) is 5.87. The largest absolute Gasteiger partial charge is 0.369 e. The molecule has 1 aliphatic heterocycles. The maximum absolute atomic E-state index is 13.2. The van der Waals surface area contributed by atoms with Gasteiger partial charge >= 0.3 is 0 Å². The minimum atomic E-state index is -3.66. The van der Waals surface area contributed by atoms with Gasteiger partial charge in [0.25, 0.3) is 0 Å². The zero-order valence-electron chi connectivity index (χ0n) is 17.1. The number of ether oxygens (including phenoxy) is 1. The molecule has 4 rings (SSSR count). The lowest BCUT2D eigenvalue weighted by atomic mass is 10.2. The molecule has 11 heteroatoms. The molecule has 0 unspecified atom stereocenters. The SMILES string of the molecule is CCn1cc(S(=O)(=O)N2CCO[C@@H](c3cccc(Nc4nc(C)cs4)n3)C2)c(C)n1. The molecule has 4 heterocycles. The van der Waals surface area contributed by atoms with Crippen molar-refractivity contribution >= 4 is 32.3 Å². The van der Waals surface area contributed by atoms with Gasteiger partial charge in [-0.15, -0.1) is 11.3 Å². The number of sulfonamides is 1. The summed E-state index contributed by atoms with van der Waals surface area (Å²) in [5.74, 6) is 0.644. The molecule has 1 aliphatic rings. The Bertz CT molecular complexity index is 1140. The Hall–Kier alpha value is -2.34. The minimum Gasteiger partial charge on any atom is -0.369 e. The van der Waals surface area contributed by atoms with Crippen LogP contribution < -0.4 is 5.32 Å². The smallest absolute Gasteiger partial charge is 0.246 e. The van der Waals surface area contributed by atoms with E-state index in [0.717, 1.165) is 10.8 Å². The zero-order chi connectivity index (χ0) is 21.3. The van der Waals surface area contributed by atoms with Gasteiger partial charge in [0.2, 0.25) is 10.0 Å². The number of pyridine rings is 1. The molecule has 0 bridgehead atoms. The molecule has 0 saturated carbocycles. The van der Waals surface area contributed by atoms with Crippen LogP contribution >= 0.6 is 11.3 Å². The van der Waals surface area contributed by atoms with Crippen LogP contribution in [0.2, 0.25) is 0 Å². The number of morpholine rings is 1. The topological polar surface area (TPSA) is 102 Å². The van der Waals surface area contributed by atoms with Gasteiger partial charge < -0.3 is 10.1 Å². The first kappa shape index (κ1) is 20.9. The number of anilines is 2. The van der Waals surface area contributed by atoms with Crippen LogP contribution in [0, 0.1) is 13.8 Å². The highest BCUT2D eigenvalue weighted by Gasteiger charge is 2.34. The van der Waals surface area contributed by atoms with E-state index in [1.807, 2.05) is 37.4 Å². The van der Waals surface area contributed by atoms with Crippen molar-refractivity contribution in [3.05, 3.63) is 46.9 Å². The van der Waals surface area contributed by atoms with E-state index in [-0.39, 0.29) is 11.4 Å². The summed E-state index contributed by atoms with van der Waals surface area (Å²) >= 11 is 1.50. The summed E-state index contributed by atoms with van der Waals surface area (Å²) in [6.07, 6.45) is 1.14. The molecule has 1 fully saturated rings. The Morgan fingerprint density at radius 2 is 2.13 bits per heavy atom. The van der Waals surface area contributed by atoms with E-state index in [0.29, 0.717) is 36.9 Å². The average Bonchev–Trinajstić information content (AvgIpc) is 3.33. The highest BCUT2D eigenvalue weighted by Crippen LogP contribution is 2.28. The third-order valence-electron chi connectivity index (χ3n) is 4.83. The van der Waals surface area contributed by atoms with Gasteiger partial charge in [-0.05, 0) is 32.9 Å². The van der Waals surface area contributed by atoms with Crippen molar-refractivity contribution in [3.63, 3.8) is 0 Å². The van der Waals surface area contributed by atoms with Gasteiger partial charge in [-0.2, -0.15) is 9.40 Å². The van der Waals surface area contributed by atoms with E-state index in [4.69, 9.17) is 4.74 Å². The molecule has 0 spiro atoms. The van der Waals surface area contributed by atoms with E-state index in [1.165, 1.54) is 15.6 Å². The van der Waals surface area contributed by atoms with Crippen LogP contribution in [0.15, 0.2) is 34.7 Å². The summed E-state index contributed by atoms with van der Waals surface area (Å²) in [6, 6.07) is 5.57. The third kappa shape index (κ3) is 4.24. The van der Waals surface area contributed by atoms with Crippen LogP contribution in [0.3, 0.4) is 0 Å². The lowest BCUT2D eigenvalue weighted by molar-refractivity contribution is -0.00487. The van der Waals surface area contributed by atoms with Crippen molar-refractivity contribution in [2.45, 2.75) is 38.3 Å². The van der Waals surface area contributed by atoms with Crippen LogP contribution in [0.25, 0.3) is 0 Å². The molecular weight excluding hydrogens is 424 g/mol. The predicted molar refractivity (Wildman–Crippen MR) is 114 cm³/mol. The van der Waals surface area contributed by atoms with Crippen molar-refractivity contribution in [1.29, 1.82) is 0 Å². The first-order valence-corrected chi connectivity index (χ1v) is 12.0. The standard InChI is InChI=1S/C19H24N6O3S2/c1-4-24-11-17(14(3)23-24)30(26,27)25-8-9-28-16(10-25)15-6-5-7-18(21-15)22-19-20-13(2)12-29-19/h5-7,11-12,16H,4,8-10H2,1-3H3,(H,20,21,22)/t16-/m1/s1. The third-order valence-corrected chi connectivity index (χ3v) is 7.67. The molecule has 1 N–H and O–H groups in total. The predicted octanol–water partition coefficient (Wildman–Crippen LogP) is 2.88. The highest BCUT2D eigenvalue weighted by atomic mass is 32.2. The fourth-order valence-electron chi connectivity index (χ4n) is 3.30. The van der Waals surface area contributed by atoms with Crippen molar-refractivity contribution in [2.24, 2.45) is 0 Å². The van der Waals surface area contributed by atoms with Gasteiger partial charge in [0.05, 0.1) is 23.7 Å². The fraction of sp³-hybridized carbons (Fsp3) is 0.421. The molecule has 0 aliphatic carbocycles. The summed E-state index contributed by atoms with van der Waals surface area (Å²) in [7, 11) is -3.66. The van der Waals surface area contributed by atoms with Crippen molar-refractivity contribution in [1.82, 2.24) is 24.1 Å². The molecule has 3 aromatic rings. The van der Waals surface area contributed by atoms with Crippen LogP contribution in [-0.4, -0.2) is 52.2 Å². The summed E-state index contributed by atoms with van der Waals surface area (Å²) in [5, 5.41) is 10.2. The monoisotopic (exact) mass is 448 g/mol. The summed E-state index contributed by atoms with van der Waals surface area (Å²) in [4.78, 5) is 9.24. The highest BCUT2D eigenvalue weighted by molar-refractivity contribution is 7.89. The van der Waals surface area contributed by atoms with Crippen LogP contribution in [0.1, 0.15) is 30.1 Å². The first-order chi connectivity index (χ1) is 14.4. The van der Waals surface area contributed by atoms with E-state index < -0.39 is 16.1 Å². The van der Waals surface area contributed by atoms with Crippen molar-refractivity contribution in [2.75, 3.05) is 25.0 Å². The second-order valence-corrected chi connectivity index (χ2v) is 9.79. The number of nitrogens with zero attached hydrogens (tertiary/aromatic N) is 5. The van der Waals surface area contributed by atoms with Gasteiger partial charge in [-0.25, -0.2) is 18.4 Å². The molecule has 1 saturated heterocycles. The van der Waals surface area contributed by atoms with Gasteiger partial charge in [0.15, 0.2) is 5.13 Å². The normalized spacial score (nSPS) is 17.9. The Morgan fingerprint density at radius 1 is 1.30 bits per heavy atom. The van der Waals surface area contributed by atoms with E-state index >= 15 is 0 Å². The minimum absolute atomic E-state index is 0.200. The van der Waals surface area contributed by atoms with E-state index in [2.05, 4.69) is 20.4 Å². The fourth-order valence-corrected chi connectivity index (χ4v) is 5.59. The average molecular weight is 449 g/mol. The van der Waals surface area contributed by atoms with Gasteiger partial charge in [0.1, 0.15) is 16.8 Å². The van der Waals surface area contributed by atoms with E-state index in [1.54, 1.807) is 17.8 Å². The lowest BCUT2D eigenvalue weighted by Gasteiger charge is -2.31. The second kappa shape index (κ2) is 8.42. The number of rotatable bonds is 6. The van der Waals surface area contributed by atoms with Crippen molar-refractivity contribution < 1.29 is 13.2 Å². The molecule has 30 heavy (non-hydrogen) atoms. The number of hydrogen-bond acceptors (Lipinski definition) is 8. The number of thiazole rings is 1. The maximum atomic E-state index is 13.2. The van der Waals surface area contributed by atoms with Gasteiger partial charge in [-0.3, -0.25) is 4.68 Å². The first-order valence-electron chi connectivity index (χ1n) is 9.68. The second-order valence-electron chi connectivity index (χ2n) is 7.02. The van der Waals surface area contributed by atoms with Crippen LogP contribution in [0.5, 0.6) is 0 Å². The maximum Gasteiger partial charge on any atom is 0.246 e. The number of aryl methyl sites for hydroxylation is 3. The molecule has 0 aromatic carbocycles. The summed E-state index contributed by atoms with van der Waals surface area (Å²) in [6.45, 7) is 6.99. The number of hydrogen-bond donors (Lipinski definition) is 1. The molecule has 0 amide bonds. The zero-order valence-corrected chi connectivity index (χ0v) is 18.7. The summed E-state index contributed by atoms with van der Waals surface area (Å²) < 4.78 is 35.4. The number of nitrogens with one attached hydrogen (secondary N) is 1. The quantitative estimate of drug-likeness (QED) is 0.618. The summed E-state index contributed by atoms with van der Waals surface area (Å²) in [5.41, 5.74) is 2.12. The van der Waals surface area contributed by atoms with Crippen LogP contribution in [-0.2, 0) is 21.3 Å². The van der Waals surface area contributed by atoms with Gasteiger partial charge in [-0.1, -0.05) is 6.07 Å². The number of aromatic nitrogens is 4. The molecule has 160 valence electrons. The van der Waals surface area contributed by atoms with Gasteiger partial charge in [0, 0.05) is 31.2 Å². The molecule has 9 nitrogen and oxygen atoms in total. The Labute approximate surface area is 179 Å². The molecule has 1 atom stereocenters. The molecule has 3 aromatic heterocycles. The Balaban J connectivity index is 1.54.